The molecular formula is C13H23N3. The summed E-state index contributed by atoms with van der Waals surface area (Å²) in [6, 6.07) is 2.20. The van der Waals surface area contributed by atoms with E-state index in [-0.39, 0.29) is 6.04 Å². The molecular weight excluding hydrogens is 198 g/mol. The molecule has 1 saturated carbocycles. The van der Waals surface area contributed by atoms with Crippen LogP contribution in [-0.2, 0) is 7.05 Å². The van der Waals surface area contributed by atoms with Gasteiger partial charge in [0, 0.05) is 19.3 Å². The highest BCUT2D eigenvalue weighted by Crippen LogP contribution is 2.38. The summed E-state index contributed by atoms with van der Waals surface area (Å²) in [5.74, 6) is 2.25. The van der Waals surface area contributed by atoms with Crippen LogP contribution in [0.2, 0.25) is 0 Å². The molecule has 3 nitrogen and oxygen atoms in total. The summed E-state index contributed by atoms with van der Waals surface area (Å²) >= 11 is 0. The van der Waals surface area contributed by atoms with Crippen LogP contribution in [-0.4, -0.2) is 9.78 Å². The third kappa shape index (κ3) is 2.29. The first-order chi connectivity index (χ1) is 7.58. The Bertz CT molecular complexity index is 335. The molecule has 1 aromatic heterocycles. The Labute approximate surface area is 98.0 Å². The van der Waals surface area contributed by atoms with Gasteiger partial charge in [-0.2, -0.15) is 5.10 Å². The smallest absolute Gasteiger partial charge is 0.0550 e. The zero-order chi connectivity index (χ0) is 11.7. The molecule has 3 unspecified atom stereocenters. The third-order valence-corrected chi connectivity index (χ3v) is 3.92. The van der Waals surface area contributed by atoms with Gasteiger partial charge in [0.25, 0.3) is 0 Å². The Morgan fingerprint density at radius 3 is 2.44 bits per heavy atom. The molecule has 16 heavy (non-hydrogen) atoms. The molecule has 0 bridgehead atoms. The monoisotopic (exact) mass is 221 g/mol. The highest BCUT2D eigenvalue weighted by atomic mass is 15.3. The molecule has 90 valence electrons. The van der Waals surface area contributed by atoms with Crippen LogP contribution < -0.4 is 5.73 Å². The van der Waals surface area contributed by atoms with E-state index in [1.165, 1.54) is 25.0 Å². The van der Waals surface area contributed by atoms with Crippen LogP contribution in [0.3, 0.4) is 0 Å². The number of hydrogen-bond donors (Lipinski definition) is 1. The molecule has 0 aromatic carbocycles. The Hall–Kier alpha value is -0.830. The van der Waals surface area contributed by atoms with Gasteiger partial charge >= 0.3 is 0 Å². The van der Waals surface area contributed by atoms with Crippen molar-refractivity contribution < 1.29 is 0 Å². The molecule has 0 aliphatic heterocycles. The van der Waals surface area contributed by atoms with Gasteiger partial charge in [-0.1, -0.05) is 13.8 Å². The molecule has 0 spiro atoms. The molecule has 1 aliphatic carbocycles. The van der Waals surface area contributed by atoms with Crippen molar-refractivity contribution in [2.45, 2.75) is 39.2 Å². The van der Waals surface area contributed by atoms with E-state index >= 15 is 0 Å². The summed E-state index contributed by atoms with van der Waals surface area (Å²) in [5, 5.41) is 4.21. The molecule has 0 saturated heterocycles. The molecule has 3 heteroatoms. The largest absolute Gasteiger partial charge is 0.322 e. The lowest BCUT2D eigenvalue weighted by molar-refractivity contribution is 0.190. The Morgan fingerprint density at radius 2 is 1.94 bits per heavy atom. The van der Waals surface area contributed by atoms with Gasteiger partial charge in [0.15, 0.2) is 0 Å². The number of aryl methyl sites for hydroxylation is 1. The molecule has 2 N–H and O–H groups in total. The summed E-state index contributed by atoms with van der Waals surface area (Å²) in [7, 11) is 1.98. The highest BCUT2D eigenvalue weighted by Gasteiger charge is 2.29. The lowest BCUT2D eigenvalue weighted by Gasteiger charge is -2.34. The Balaban J connectivity index is 2.10. The van der Waals surface area contributed by atoms with E-state index in [4.69, 9.17) is 5.73 Å². The molecule has 1 heterocycles. The van der Waals surface area contributed by atoms with E-state index < -0.39 is 0 Å². The van der Waals surface area contributed by atoms with Gasteiger partial charge in [-0.05, 0) is 43.1 Å². The maximum absolute atomic E-state index is 6.38. The van der Waals surface area contributed by atoms with E-state index in [9.17, 15) is 0 Å². The van der Waals surface area contributed by atoms with Gasteiger partial charge < -0.3 is 5.73 Å². The first-order valence-corrected chi connectivity index (χ1v) is 6.31. The van der Waals surface area contributed by atoms with Gasteiger partial charge in [-0.15, -0.1) is 0 Å². The summed E-state index contributed by atoms with van der Waals surface area (Å²) in [5.41, 5.74) is 7.55. The lowest BCUT2D eigenvalue weighted by Crippen LogP contribution is -2.30. The number of nitrogens with zero attached hydrogens (tertiary/aromatic N) is 2. The average Bonchev–Trinajstić information content (AvgIpc) is 2.62. The molecule has 3 atom stereocenters. The van der Waals surface area contributed by atoms with E-state index in [2.05, 4.69) is 25.0 Å². The molecule has 1 aromatic rings. The molecule has 0 radical (unpaired) electrons. The lowest BCUT2D eigenvalue weighted by atomic mass is 9.73. The van der Waals surface area contributed by atoms with E-state index in [0.717, 1.165) is 11.8 Å². The minimum absolute atomic E-state index is 0.151. The maximum Gasteiger partial charge on any atom is 0.0550 e. The summed E-state index contributed by atoms with van der Waals surface area (Å²) in [6.45, 7) is 4.69. The molecule has 2 rings (SSSR count). The molecule has 1 fully saturated rings. The number of rotatable bonds is 2. The minimum Gasteiger partial charge on any atom is -0.322 e. The Morgan fingerprint density at radius 1 is 1.31 bits per heavy atom. The van der Waals surface area contributed by atoms with Crippen molar-refractivity contribution >= 4 is 0 Å². The topological polar surface area (TPSA) is 43.8 Å². The van der Waals surface area contributed by atoms with Gasteiger partial charge in [-0.3, -0.25) is 4.68 Å². The second kappa shape index (κ2) is 4.58. The van der Waals surface area contributed by atoms with Crippen LogP contribution in [0.15, 0.2) is 12.3 Å². The van der Waals surface area contributed by atoms with Crippen LogP contribution in [0.1, 0.15) is 44.8 Å². The van der Waals surface area contributed by atoms with E-state index in [0.29, 0.717) is 5.92 Å². The van der Waals surface area contributed by atoms with Crippen molar-refractivity contribution in [3.63, 3.8) is 0 Å². The quantitative estimate of drug-likeness (QED) is 0.834. The second-order valence-electron chi connectivity index (χ2n) is 5.58. The third-order valence-electron chi connectivity index (χ3n) is 3.92. The SMILES string of the molecule is CC1CC(C)CC(C(N)c2ccnn2C)C1. The van der Waals surface area contributed by atoms with Crippen LogP contribution in [0.25, 0.3) is 0 Å². The number of hydrogen-bond acceptors (Lipinski definition) is 2. The second-order valence-corrected chi connectivity index (χ2v) is 5.58. The van der Waals surface area contributed by atoms with E-state index in [1.54, 1.807) is 0 Å². The predicted octanol–water partition coefficient (Wildman–Crippen LogP) is 2.49. The van der Waals surface area contributed by atoms with E-state index in [1.807, 2.05) is 17.9 Å². The van der Waals surface area contributed by atoms with Gasteiger partial charge in [0.05, 0.1) is 5.69 Å². The van der Waals surface area contributed by atoms with Crippen LogP contribution in [0.4, 0.5) is 0 Å². The first-order valence-electron chi connectivity index (χ1n) is 6.31. The first kappa shape index (κ1) is 11.6. The highest BCUT2D eigenvalue weighted by molar-refractivity contribution is 5.08. The summed E-state index contributed by atoms with van der Waals surface area (Å²) in [4.78, 5) is 0. The van der Waals surface area contributed by atoms with Crippen LogP contribution in [0.5, 0.6) is 0 Å². The van der Waals surface area contributed by atoms with Crippen LogP contribution >= 0.6 is 0 Å². The van der Waals surface area contributed by atoms with Crippen molar-refractivity contribution in [3.05, 3.63) is 18.0 Å². The van der Waals surface area contributed by atoms with Crippen molar-refractivity contribution in [2.24, 2.45) is 30.5 Å². The number of nitrogens with two attached hydrogens (primary N) is 1. The van der Waals surface area contributed by atoms with Crippen molar-refractivity contribution in [3.8, 4) is 0 Å². The fourth-order valence-electron chi connectivity index (χ4n) is 3.26. The minimum atomic E-state index is 0.151. The normalized spacial score (nSPS) is 32.6. The fourth-order valence-corrected chi connectivity index (χ4v) is 3.26. The summed E-state index contributed by atoms with van der Waals surface area (Å²) < 4.78 is 1.91. The number of aromatic nitrogens is 2. The van der Waals surface area contributed by atoms with Gasteiger partial charge in [0.1, 0.15) is 0 Å². The summed E-state index contributed by atoms with van der Waals surface area (Å²) in [6.07, 6.45) is 5.72. The standard InChI is InChI=1S/C13H23N3/c1-9-6-10(2)8-11(7-9)13(14)12-4-5-15-16(12)3/h4-5,9-11,13H,6-8,14H2,1-3H3. The van der Waals surface area contributed by atoms with Crippen molar-refractivity contribution in [1.82, 2.24) is 9.78 Å². The molecule has 0 amide bonds. The maximum atomic E-state index is 6.38. The van der Waals surface area contributed by atoms with Gasteiger partial charge in [0.2, 0.25) is 0 Å². The van der Waals surface area contributed by atoms with Crippen molar-refractivity contribution in [1.29, 1.82) is 0 Å². The van der Waals surface area contributed by atoms with Crippen molar-refractivity contribution in [2.75, 3.05) is 0 Å². The van der Waals surface area contributed by atoms with Crippen LogP contribution in [0, 0.1) is 17.8 Å². The van der Waals surface area contributed by atoms with Gasteiger partial charge in [-0.25, -0.2) is 0 Å². The average molecular weight is 221 g/mol. The molecule has 1 aliphatic rings. The fraction of sp³-hybridized carbons (Fsp3) is 0.769. The zero-order valence-electron chi connectivity index (χ0n) is 10.6. The zero-order valence-corrected chi connectivity index (χ0v) is 10.6. The predicted molar refractivity (Wildman–Crippen MR) is 65.8 cm³/mol. The Kier molecular flexibility index (Phi) is 3.33.